The number of fused-ring (bicyclic) bond motifs is 1. The van der Waals surface area contributed by atoms with Gasteiger partial charge in [-0.05, 0) is 31.5 Å². The Morgan fingerprint density at radius 1 is 1.21 bits per heavy atom. The van der Waals surface area contributed by atoms with Gasteiger partial charge in [0, 0.05) is 24.2 Å². The first-order valence-electron chi connectivity index (χ1n) is 9.74. The van der Waals surface area contributed by atoms with Gasteiger partial charge < -0.3 is 24.8 Å². The smallest absolute Gasteiger partial charge is 0.254 e. The molecular weight excluding hydrogens is 356 g/mol. The molecular formula is C22H28N2O4. The van der Waals surface area contributed by atoms with E-state index in [1.807, 2.05) is 50.2 Å². The van der Waals surface area contributed by atoms with E-state index in [2.05, 4.69) is 5.32 Å². The second-order valence-corrected chi connectivity index (χ2v) is 6.76. The number of carbonyl (C=O) groups is 1. The molecule has 0 aliphatic carbocycles. The highest BCUT2D eigenvalue weighted by Crippen LogP contribution is 2.35. The number of anilines is 1. The second kappa shape index (κ2) is 9.57. The quantitative estimate of drug-likeness (QED) is 0.732. The summed E-state index contributed by atoms with van der Waals surface area (Å²) in [5.41, 5.74) is 2.93. The van der Waals surface area contributed by atoms with Crippen LogP contribution in [0.3, 0.4) is 0 Å². The maximum Gasteiger partial charge on any atom is 0.254 e. The zero-order chi connectivity index (χ0) is 19.9. The van der Waals surface area contributed by atoms with Crippen LogP contribution in [0.4, 0.5) is 5.69 Å². The zero-order valence-corrected chi connectivity index (χ0v) is 16.5. The van der Waals surface area contributed by atoms with Gasteiger partial charge in [0.25, 0.3) is 5.91 Å². The average molecular weight is 384 g/mol. The van der Waals surface area contributed by atoms with Crippen molar-refractivity contribution in [3.8, 4) is 5.75 Å². The highest BCUT2D eigenvalue weighted by atomic mass is 16.5. The molecule has 1 heterocycles. The fourth-order valence-electron chi connectivity index (χ4n) is 3.37. The van der Waals surface area contributed by atoms with Crippen molar-refractivity contribution in [3.05, 3.63) is 59.2 Å². The van der Waals surface area contributed by atoms with E-state index in [9.17, 15) is 9.90 Å². The molecule has 28 heavy (non-hydrogen) atoms. The average Bonchev–Trinajstić information content (AvgIpc) is 2.74. The van der Waals surface area contributed by atoms with E-state index in [4.69, 9.17) is 9.47 Å². The molecule has 1 amide bonds. The lowest BCUT2D eigenvalue weighted by Crippen LogP contribution is -2.36. The Bertz CT molecular complexity index is 791. The van der Waals surface area contributed by atoms with Gasteiger partial charge in [-0.25, -0.2) is 0 Å². The summed E-state index contributed by atoms with van der Waals surface area (Å²) in [6, 6.07) is 13.6. The molecule has 0 aromatic heterocycles. The molecule has 0 radical (unpaired) electrons. The molecule has 1 unspecified atom stereocenters. The van der Waals surface area contributed by atoms with Gasteiger partial charge in [-0.15, -0.1) is 0 Å². The van der Waals surface area contributed by atoms with Crippen LogP contribution in [-0.4, -0.2) is 48.3 Å². The van der Waals surface area contributed by atoms with E-state index in [1.165, 1.54) is 0 Å². The first kappa shape index (κ1) is 20.2. The standard InChI is InChI=1S/C22H28N2O4/c1-3-24(4-2)22(26)18-10-11-20-21(19(18)12-25)28-15-17(23-20)14-27-13-16-8-6-5-7-9-16/h5-11,17,23,25H,3-4,12-15H2,1-2H3. The Hall–Kier alpha value is -2.57. The van der Waals surface area contributed by atoms with E-state index in [-0.39, 0.29) is 18.6 Å². The number of aliphatic hydroxyl groups excluding tert-OH is 1. The van der Waals surface area contributed by atoms with Gasteiger partial charge in [-0.1, -0.05) is 30.3 Å². The summed E-state index contributed by atoms with van der Waals surface area (Å²) in [7, 11) is 0. The molecule has 1 aliphatic rings. The lowest BCUT2D eigenvalue weighted by atomic mass is 10.0. The van der Waals surface area contributed by atoms with Crippen LogP contribution in [0, 0.1) is 0 Å². The topological polar surface area (TPSA) is 71.0 Å². The predicted octanol–water partition coefficient (Wildman–Crippen LogP) is 3.05. The van der Waals surface area contributed by atoms with Gasteiger partial charge >= 0.3 is 0 Å². The normalized spacial score (nSPS) is 15.3. The molecule has 0 fully saturated rings. The molecule has 2 N–H and O–H groups in total. The van der Waals surface area contributed by atoms with E-state index < -0.39 is 0 Å². The number of rotatable bonds is 8. The molecule has 1 atom stereocenters. The van der Waals surface area contributed by atoms with E-state index in [0.717, 1.165) is 11.3 Å². The Kier molecular flexibility index (Phi) is 6.90. The summed E-state index contributed by atoms with van der Waals surface area (Å²) < 4.78 is 11.7. The Morgan fingerprint density at radius 3 is 2.64 bits per heavy atom. The van der Waals surface area contributed by atoms with Gasteiger partial charge in [-0.3, -0.25) is 4.79 Å². The van der Waals surface area contributed by atoms with Crippen LogP contribution in [0.1, 0.15) is 35.3 Å². The minimum Gasteiger partial charge on any atom is -0.489 e. The van der Waals surface area contributed by atoms with E-state index in [0.29, 0.717) is 49.8 Å². The first-order valence-corrected chi connectivity index (χ1v) is 9.74. The van der Waals surface area contributed by atoms with E-state index in [1.54, 1.807) is 11.0 Å². The molecule has 6 heteroatoms. The van der Waals surface area contributed by atoms with Crippen LogP contribution < -0.4 is 10.1 Å². The lowest BCUT2D eigenvalue weighted by Gasteiger charge is -2.30. The van der Waals surface area contributed by atoms with Crippen molar-refractivity contribution in [2.75, 3.05) is 31.6 Å². The molecule has 150 valence electrons. The minimum absolute atomic E-state index is 0.00656. The summed E-state index contributed by atoms with van der Waals surface area (Å²) in [4.78, 5) is 14.5. The molecule has 2 aromatic rings. The van der Waals surface area contributed by atoms with Crippen LogP contribution in [0.5, 0.6) is 5.75 Å². The summed E-state index contributed by atoms with van der Waals surface area (Å²) in [5, 5.41) is 13.3. The number of ether oxygens (including phenoxy) is 2. The molecule has 0 saturated heterocycles. The van der Waals surface area contributed by atoms with Crippen molar-refractivity contribution >= 4 is 11.6 Å². The zero-order valence-electron chi connectivity index (χ0n) is 16.5. The van der Waals surface area contributed by atoms with Gasteiger partial charge in [-0.2, -0.15) is 0 Å². The summed E-state index contributed by atoms with van der Waals surface area (Å²) in [6.07, 6.45) is 0. The first-order chi connectivity index (χ1) is 13.7. The Morgan fingerprint density at radius 2 is 1.96 bits per heavy atom. The number of hydrogen-bond acceptors (Lipinski definition) is 5. The van der Waals surface area contributed by atoms with Crippen molar-refractivity contribution in [2.45, 2.75) is 33.1 Å². The fourth-order valence-corrected chi connectivity index (χ4v) is 3.37. The number of aliphatic hydroxyl groups is 1. The molecule has 2 aromatic carbocycles. The molecule has 0 saturated carbocycles. The number of nitrogens with one attached hydrogen (secondary N) is 1. The maximum absolute atomic E-state index is 12.7. The number of hydrogen-bond donors (Lipinski definition) is 2. The third-order valence-electron chi connectivity index (χ3n) is 4.92. The minimum atomic E-state index is -0.248. The van der Waals surface area contributed by atoms with Gasteiger partial charge in [0.2, 0.25) is 0 Å². The highest BCUT2D eigenvalue weighted by Gasteiger charge is 2.26. The van der Waals surface area contributed by atoms with Gasteiger partial charge in [0.15, 0.2) is 0 Å². The van der Waals surface area contributed by atoms with E-state index >= 15 is 0 Å². The second-order valence-electron chi connectivity index (χ2n) is 6.76. The van der Waals surface area contributed by atoms with Crippen LogP contribution >= 0.6 is 0 Å². The van der Waals surface area contributed by atoms with Crippen LogP contribution in [0.2, 0.25) is 0 Å². The molecule has 0 spiro atoms. The molecule has 6 nitrogen and oxygen atoms in total. The number of nitrogens with zero attached hydrogens (tertiary/aromatic N) is 1. The lowest BCUT2D eigenvalue weighted by molar-refractivity contribution is 0.0767. The number of carbonyl (C=O) groups excluding carboxylic acids is 1. The summed E-state index contributed by atoms with van der Waals surface area (Å²) in [6.45, 7) is 6.34. The monoisotopic (exact) mass is 384 g/mol. The maximum atomic E-state index is 12.7. The van der Waals surface area contributed by atoms with Crippen molar-refractivity contribution in [1.82, 2.24) is 4.90 Å². The van der Waals surface area contributed by atoms with Gasteiger partial charge in [0.1, 0.15) is 12.4 Å². The third-order valence-corrected chi connectivity index (χ3v) is 4.92. The molecule has 3 rings (SSSR count). The van der Waals surface area contributed by atoms with Crippen LogP contribution in [0.15, 0.2) is 42.5 Å². The Balaban J connectivity index is 1.67. The van der Waals surface area contributed by atoms with Gasteiger partial charge in [0.05, 0.1) is 31.5 Å². The third kappa shape index (κ3) is 4.46. The van der Waals surface area contributed by atoms with Crippen LogP contribution in [-0.2, 0) is 18.0 Å². The largest absolute Gasteiger partial charge is 0.489 e. The predicted molar refractivity (Wildman–Crippen MR) is 109 cm³/mol. The Labute approximate surface area is 166 Å². The number of benzene rings is 2. The molecule has 1 aliphatic heterocycles. The summed E-state index contributed by atoms with van der Waals surface area (Å²) >= 11 is 0. The molecule has 0 bridgehead atoms. The van der Waals surface area contributed by atoms with Crippen molar-refractivity contribution < 1.29 is 19.4 Å². The SMILES string of the molecule is CCN(CC)C(=O)c1ccc2c(c1CO)OCC(COCc1ccccc1)N2. The van der Waals surface area contributed by atoms with Crippen molar-refractivity contribution in [1.29, 1.82) is 0 Å². The summed E-state index contributed by atoms with van der Waals surface area (Å²) in [5.74, 6) is 0.466. The fraction of sp³-hybridized carbons (Fsp3) is 0.409. The van der Waals surface area contributed by atoms with Crippen molar-refractivity contribution in [2.24, 2.45) is 0 Å². The van der Waals surface area contributed by atoms with Crippen LogP contribution in [0.25, 0.3) is 0 Å². The van der Waals surface area contributed by atoms with Crippen molar-refractivity contribution in [3.63, 3.8) is 0 Å². The number of amides is 1. The highest BCUT2D eigenvalue weighted by molar-refractivity contribution is 5.97.